The van der Waals surface area contributed by atoms with E-state index in [0.717, 1.165) is 0 Å². The molecule has 1 N–H and O–H groups in total. The van der Waals surface area contributed by atoms with Crippen molar-refractivity contribution in [3.8, 4) is 6.07 Å². The highest BCUT2D eigenvalue weighted by Crippen LogP contribution is 2.47. The molecular formula is C19H29N3O6Si. The first-order chi connectivity index (χ1) is 13.2. The number of aromatic amines is 1. The summed E-state index contributed by atoms with van der Waals surface area (Å²) in [5.41, 5.74) is -2.76. The molecule has 0 spiro atoms. The van der Waals surface area contributed by atoms with E-state index in [9.17, 15) is 19.6 Å². The van der Waals surface area contributed by atoms with Crippen LogP contribution in [0.4, 0.5) is 0 Å². The SMILES string of the molecule is CC(=O)OC[C@@]1(C#N)O[C@@H](n2ccc(=O)[nH]c2=O)[C@@H](C)[C@@H]1O[Si](C)(C)C(C)(C)C. The van der Waals surface area contributed by atoms with E-state index in [1.807, 2.05) is 20.0 Å². The molecule has 0 amide bonds. The highest BCUT2D eigenvalue weighted by molar-refractivity contribution is 6.74. The molecule has 1 saturated heterocycles. The molecule has 160 valence electrons. The summed E-state index contributed by atoms with van der Waals surface area (Å²) in [7, 11) is -2.34. The van der Waals surface area contributed by atoms with Gasteiger partial charge in [0.05, 0.1) is 6.10 Å². The number of nitriles is 1. The second kappa shape index (κ2) is 7.89. The Kier molecular flexibility index (Phi) is 6.28. The zero-order valence-electron chi connectivity index (χ0n) is 17.9. The molecule has 9 nitrogen and oxygen atoms in total. The second-order valence-electron chi connectivity index (χ2n) is 8.97. The van der Waals surface area contributed by atoms with Crippen LogP contribution in [-0.2, 0) is 18.7 Å². The number of nitrogens with one attached hydrogen (secondary N) is 1. The number of carbonyl (C=O) groups excluding carboxylic acids is 1. The molecule has 4 atom stereocenters. The van der Waals surface area contributed by atoms with E-state index < -0.39 is 49.4 Å². The smallest absolute Gasteiger partial charge is 0.330 e. The average Bonchev–Trinajstić information content (AvgIpc) is 2.85. The number of hydrogen-bond donors (Lipinski definition) is 1. The van der Waals surface area contributed by atoms with Crippen molar-refractivity contribution in [3.05, 3.63) is 33.1 Å². The number of esters is 1. The van der Waals surface area contributed by atoms with Crippen molar-refractivity contribution in [2.24, 2.45) is 5.92 Å². The van der Waals surface area contributed by atoms with Crippen LogP contribution < -0.4 is 11.2 Å². The van der Waals surface area contributed by atoms with Gasteiger partial charge in [0.25, 0.3) is 5.56 Å². The van der Waals surface area contributed by atoms with Crippen molar-refractivity contribution < 1.29 is 18.7 Å². The molecule has 2 heterocycles. The van der Waals surface area contributed by atoms with Crippen molar-refractivity contribution in [1.29, 1.82) is 5.26 Å². The number of rotatable bonds is 5. The number of carbonyl (C=O) groups is 1. The van der Waals surface area contributed by atoms with Crippen LogP contribution >= 0.6 is 0 Å². The zero-order chi connectivity index (χ0) is 22.2. The molecule has 1 aliphatic heterocycles. The van der Waals surface area contributed by atoms with Gasteiger partial charge in [-0.25, -0.2) is 4.79 Å². The fraction of sp³-hybridized carbons (Fsp3) is 0.684. The van der Waals surface area contributed by atoms with E-state index in [0.29, 0.717) is 0 Å². The summed E-state index contributed by atoms with van der Waals surface area (Å²) < 4.78 is 18.9. The Balaban J connectivity index is 2.53. The Morgan fingerprint density at radius 3 is 2.52 bits per heavy atom. The topological polar surface area (TPSA) is 123 Å². The molecule has 10 heteroatoms. The molecule has 0 unspecified atom stereocenters. The lowest BCUT2D eigenvalue weighted by Gasteiger charge is -2.41. The van der Waals surface area contributed by atoms with Crippen molar-refractivity contribution in [2.75, 3.05) is 6.61 Å². The van der Waals surface area contributed by atoms with E-state index >= 15 is 0 Å². The van der Waals surface area contributed by atoms with Gasteiger partial charge in [-0.2, -0.15) is 5.26 Å². The predicted molar refractivity (Wildman–Crippen MR) is 108 cm³/mol. The van der Waals surface area contributed by atoms with Crippen LogP contribution in [0.15, 0.2) is 21.9 Å². The minimum Gasteiger partial charge on any atom is -0.462 e. The number of hydrogen-bond acceptors (Lipinski definition) is 7. The standard InChI is InChI=1S/C19H29N3O6Si/c1-12-15(28-29(6,7)18(3,4)5)19(10-20,11-26-13(2)23)27-16(12)22-9-8-14(24)21-17(22)25/h8-9,12,15-16H,11H2,1-7H3,(H,21,24,25)/t12-,15-,16+,19+/m0/s1. The van der Waals surface area contributed by atoms with E-state index in [1.165, 1.54) is 23.8 Å². The maximum atomic E-state index is 12.3. The molecule has 0 saturated carbocycles. The van der Waals surface area contributed by atoms with E-state index in [1.54, 1.807) is 0 Å². The molecule has 1 fully saturated rings. The summed E-state index contributed by atoms with van der Waals surface area (Å²) >= 11 is 0. The lowest BCUT2D eigenvalue weighted by atomic mass is 9.92. The molecule has 1 aromatic rings. The van der Waals surface area contributed by atoms with Gasteiger partial charge < -0.3 is 13.9 Å². The summed E-state index contributed by atoms with van der Waals surface area (Å²) in [5.74, 6) is -0.977. The minimum atomic E-state index is -2.34. The molecule has 29 heavy (non-hydrogen) atoms. The first-order valence-electron chi connectivity index (χ1n) is 9.46. The van der Waals surface area contributed by atoms with Crippen LogP contribution in [0.25, 0.3) is 0 Å². The third kappa shape index (κ3) is 4.52. The molecule has 0 aromatic carbocycles. The van der Waals surface area contributed by atoms with E-state index in [2.05, 4.69) is 31.8 Å². The quantitative estimate of drug-likeness (QED) is 0.567. The van der Waals surface area contributed by atoms with Gasteiger partial charge in [-0.3, -0.25) is 19.1 Å². The molecule has 0 aliphatic carbocycles. The first kappa shape index (κ1) is 23.1. The van der Waals surface area contributed by atoms with Crippen molar-refractivity contribution in [3.63, 3.8) is 0 Å². The number of nitrogens with zero attached hydrogens (tertiary/aromatic N) is 2. The predicted octanol–water partition coefficient (Wildman–Crippen LogP) is 1.92. The van der Waals surface area contributed by atoms with Gasteiger partial charge in [0.2, 0.25) is 5.60 Å². The highest BCUT2D eigenvalue weighted by atomic mass is 28.4. The van der Waals surface area contributed by atoms with E-state index in [-0.39, 0.29) is 11.6 Å². The van der Waals surface area contributed by atoms with Gasteiger partial charge >= 0.3 is 11.7 Å². The van der Waals surface area contributed by atoms with Crippen molar-refractivity contribution in [2.45, 2.75) is 70.7 Å². The third-order valence-corrected chi connectivity index (χ3v) is 10.2. The largest absolute Gasteiger partial charge is 0.462 e. The Hall–Kier alpha value is -2.22. The Morgan fingerprint density at radius 1 is 1.41 bits per heavy atom. The van der Waals surface area contributed by atoms with Crippen LogP contribution in [0, 0.1) is 17.2 Å². The summed E-state index contributed by atoms with van der Waals surface area (Å²) in [6, 6.07) is 3.34. The fourth-order valence-electron chi connectivity index (χ4n) is 3.05. The fourth-order valence-corrected chi connectivity index (χ4v) is 4.44. The lowest BCUT2D eigenvalue weighted by Crippen LogP contribution is -2.53. The van der Waals surface area contributed by atoms with Gasteiger partial charge in [0.1, 0.15) is 18.9 Å². The van der Waals surface area contributed by atoms with Crippen molar-refractivity contribution in [1.82, 2.24) is 9.55 Å². The van der Waals surface area contributed by atoms with Crippen LogP contribution in [0.1, 0.15) is 40.8 Å². The maximum Gasteiger partial charge on any atom is 0.330 e. The van der Waals surface area contributed by atoms with E-state index in [4.69, 9.17) is 13.9 Å². The lowest BCUT2D eigenvalue weighted by molar-refractivity contribution is -0.153. The number of H-pyrrole nitrogens is 1. The summed E-state index contributed by atoms with van der Waals surface area (Å²) in [6.45, 7) is 13.1. The molecule has 0 radical (unpaired) electrons. The van der Waals surface area contributed by atoms with Crippen LogP contribution in [-0.4, -0.2) is 42.1 Å². The van der Waals surface area contributed by atoms with Crippen molar-refractivity contribution >= 4 is 14.3 Å². The molecule has 0 bridgehead atoms. The zero-order valence-corrected chi connectivity index (χ0v) is 18.9. The van der Waals surface area contributed by atoms with Gasteiger partial charge in [-0.1, -0.05) is 27.7 Å². The first-order valence-corrected chi connectivity index (χ1v) is 12.4. The van der Waals surface area contributed by atoms with Gasteiger partial charge in [0.15, 0.2) is 8.32 Å². The van der Waals surface area contributed by atoms with Gasteiger partial charge in [-0.15, -0.1) is 0 Å². The molecule has 1 aliphatic rings. The Labute approximate surface area is 170 Å². The molecule has 1 aromatic heterocycles. The van der Waals surface area contributed by atoms with Gasteiger partial charge in [0, 0.05) is 25.1 Å². The third-order valence-electron chi connectivity index (χ3n) is 5.75. The average molecular weight is 424 g/mol. The summed E-state index contributed by atoms with van der Waals surface area (Å²) in [4.78, 5) is 37.4. The van der Waals surface area contributed by atoms with Crippen LogP contribution in [0.2, 0.25) is 18.1 Å². The maximum absolute atomic E-state index is 12.3. The van der Waals surface area contributed by atoms with Gasteiger partial charge in [-0.05, 0) is 18.1 Å². The normalized spacial score (nSPS) is 27.4. The second-order valence-corrected chi connectivity index (χ2v) is 13.7. The highest BCUT2D eigenvalue weighted by Gasteiger charge is 2.59. The monoisotopic (exact) mass is 423 g/mol. The van der Waals surface area contributed by atoms with Crippen LogP contribution in [0.5, 0.6) is 0 Å². The number of aromatic nitrogens is 2. The summed E-state index contributed by atoms with van der Waals surface area (Å²) in [6.07, 6.45) is -0.286. The Bertz CT molecular complexity index is 925. The Morgan fingerprint density at radius 2 is 2.03 bits per heavy atom. The summed E-state index contributed by atoms with van der Waals surface area (Å²) in [5, 5.41) is 9.88. The molecular weight excluding hydrogens is 394 g/mol. The number of ether oxygens (including phenoxy) is 2. The minimum absolute atomic E-state index is 0.137. The molecule has 2 rings (SSSR count). The van der Waals surface area contributed by atoms with Crippen LogP contribution in [0.3, 0.4) is 0 Å².